The summed E-state index contributed by atoms with van der Waals surface area (Å²) in [6, 6.07) is 2.23. The number of rotatable bonds is 1. The minimum Gasteiger partial charge on any atom is -0.240 e. The lowest BCUT2D eigenvalue weighted by Gasteiger charge is -2.01. The SMILES string of the molecule is CCc1c(C)nn2cc(C)c(C)cc12. The van der Waals surface area contributed by atoms with E-state index in [4.69, 9.17) is 0 Å². The number of pyridine rings is 1. The molecule has 2 heterocycles. The van der Waals surface area contributed by atoms with Gasteiger partial charge < -0.3 is 0 Å². The van der Waals surface area contributed by atoms with Crippen LogP contribution in [0.2, 0.25) is 0 Å². The molecule has 0 saturated carbocycles. The van der Waals surface area contributed by atoms with E-state index in [1.165, 1.54) is 22.2 Å². The number of hydrogen-bond donors (Lipinski definition) is 0. The molecule has 0 saturated heterocycles. The molecular formula is C12H16N2. The van der Waals surface area contributed by atoms with E-state index >= 15 is 0 Å². The Morgan fingerprint density at radius 1 is 1.21 bits per heavy atom. The van der Waals surface area contributed by atoms with E-state index < -0.39 is 0 Å². The van der Waals surface area contributed by atoms with Gasteiger partial charge in [-0.1, -0.05) is 6.92 Å². The van der Waals surface area contributed by atoms with Gasteiger partial charge in [-0.25, -0.2) is 4.52 Å². The summed E-state index contributed by atoms with van der Waals surface area (Å²) in [4.78, 5) is 0. The second-order valence-electron chi connectivity index (χ2n) is 3.89. The zero-order valence-electron chi connectivity index (χ0n) is 9.26. The third-order valence-electron chi connectivity index (χ3n) is 2.90. The first-order valence-electron chi connectivity index (χ1n) is 5.08. The van der Waals surface area contributed by atoms with Gasteiger partial charge in [0.05, 0.1) is 11.2 Å². The standard InChI is InChI=1S/C12H16N2/c1-5-11-10(4)13-14-7-9(3)8(2)6-12(11)14/h6-7H,5H2,1-4H3. The summed E-state index contributed by atoms with van der Waals surface area (Å²) < 4.78 is 2.00. The van der Waals surface area contributed by atoms with Crippen LogP contribution >= 0.6 is 0 Å². The molecule has 0 bridgehead atoms. The van der Waals surface area contributed by atoms with E-state index in [9.17, 15) is 0 Å². The van der Waals surface area contributed by atoms with Gasteiger partial charge in [0.1, 0.15) is 0 Å². The van der Waals surface area contributed by atoms with Gasteiger partial charge in [0.2, 0.25) is 0 Å². The zero-order chi connectivity index (χ0) is 10.3. The number of fused-ring (bicyclic) bond motifs is 1. The molecule has 0 unspecified atom stereocenters. The fraction of sp³-hybridized carbons (Fsp3) is 0.417. The molecule has 0 spiro atoms. The van der Waals surface area contributed by atoms with Crippen molar-refractivity contribution in [3.8, 4) is 0 Å². The highest BCUT2D eigenvalue weighted by Crippen LogP contribution is 2.18. The number of nitrogens with zero attached hydrogens (tertiary/aromatic N) is 2. The van der Waals surface area contributed by atoms with Crippen LogP contribution in [0.5, 0.6) is 0 Å². The maximum absolute atomic E-state index is 4.50. The molecule has 2 aromatic rings. The van der Waals surface area contributed by atoms with E-state index in [-0.39, 0.29) is 0 Å². The Bertz CT molecular complexity index is 481. The molecule has 2 nitrogen and oxygen atoms in total. The molecule has 0 amide bonds. The number of aryl methyl sites for hydroxylation is 4. The van der Waals surface area contributed by atoms with Gasteiger partial charge in [-0.05, 0) is 44.4 Å². The van der Waals surface area contributed by atoms with Gasteiger partial charge in [0.25, 0.3) is 0 Å². The van der Waals surface area contributed by atoms with Crippen LogP contribution in [0.25, 0.3) is 5.52 Å². The van der Waals surface area contributed by atoms with Gasteiger partial charge in [0, 0.05) is 11.8 Å². The van der Waals surface area contributed by atoms with Crippen LogP contribution < -0.4 is 0 Å². The van der Waals surface area contributed by atoms with Crippen molar-refractivity contribution in [3.63, 3.8) is 0 Å². The highest BCUT2D eigenvalue weighted by atomic mass is 15.2. The van der Waals surface area contributed by atoms with Crippen molar-refractivity contribution in [2.75, 3.05) is 0 Å². The second kappa shape index (κ2) is 3.12. The van der Waals surface area contributed by atoms with Gasteiger partial charge in [-0.2, -0.15) is 5.10 Å². The van der Waals surface area contributed by atoms with Gasteiger partial charge in [0.15, 0.2) is 0 Å². The average Bonchev–Trinajstić information content (AvgIpc) is 2.42. The Morgan fingerprint density at radius 2 is 1.93 bits per heavy atom. The molecule has 0 radical (unpaired) electrons. The molecular weight excluding hydrogens is 172 g/mol. The highest BCUT2D eigenvalue weighted by Gasteiger charge is 2.07. The lowest BCUT2D eigenvalue weighted by Crippen LogP contribution is -1.91. The predicted octanol–water partition coefficient (Wildman–Crippen LogP) is 2.82. The van der Waals surface area contributed by atoms with Crippen molar-refractivity contribution in [2.24, 2.45) is 0 Å². The quantitative estimate of drug-likeness (QED) is 0.672. The normalized spacial score (nSPS) is 11.1. The molecule has 0 N–H and O–H groups in total. The van der Waals surface area contributed by atoms with Crippen molar-refractivity contribution in [3.05, 3.63) is 34.6 Å². The molecule has 14 heavy (non-hydrogen) atoms. The lowest BCUT2D eigenvalue weighted by molar-refractivity contribution is 0.921. The second-order valence-corrected chi connectivity index (χ2v) is 3.89. The summed E-state index contributed by atoms with van der Waals surface area (Å²) in [6.45, 7) is 8.53. The molecule has 0 aromatic carbocycles. The first-order chi connectivity index (χ1) is 6.63. The first-order valence-corrected chi connectivity index (χ1v) is 5.08. The van der Waals surface area contributed by atoms with E-state index in [0.717, 1.165) is 12.1 Å². The van der Waals surface area contributed by atoms with Crippen molar-refractivity contribution >= 4 is 5.52 Å². The van der Waals surface area contributed by atoms with Gasteiger partial charge in [-0.3, -0.25) is 0 Å². The fourth-order valence-corrected chi connectivity index (χ4v) is 1.89. The van der Waals surface area contributed by atoms with Crippen LogP contribution in [-0.2, 0) is 6.42 Å². The minimum atomic E-state index is 1.05. The zero-order valence-corrected chi connectivity index (χ0v) is 9.26. The summed E-state index contributed by atoms with van der Waals surface area (Å²) in [6.07, 6.45) is 3.16. The minimum absolute atomic E-state index is 1.05. The Balaban J connectivity index is 2.82. The monoisotopic (exact) mass is 188 g/mol. The van der Waals surface area contributed by atoms with Crippen LogP contribution in [0, 0.1) is 20.8 Å². The highest BCUT2D eigenvalue weighted by molar-refractivity contribution is 5.58. The van der Waals surface area contributed by atoms with E-state index in [1.54, 1.807) is 0 Å². The molecule has 0 aliphatic carbocycles. The molecule has 0 atom stereocenters. The molecule has 74 valence electrons. The van der Waals surface area contributed by atoms with Crippen LogP contribution in [-0.4, -0.2) is 9.61 Å². The predicted molar refractivity (Wildman–Crippen MR) is 58.8 cm³/mol. The van der Waals surface area contributed by atoms with Gasteiger partial charge in [-0.15, -0.1) is 0 Å². The Morgan fingerprint density at radius 3 is 2.57 bits per heavy atom. The fourth-order valence-electron chi connectivity index (χ4n) is 1.89. The number of aromatic nitrogens is 2. The lowest BCUT2D eigenvalue weighted by atomic mass is 10.1. The van der Waals surface area contributed by atoms with E-state index in [1.807, 2.05) is 4.52 Å². The maximum Gasteiger partial charge on any atom is 0.0699 e. The molecule has 2 aromatic heterocycles. The third kappa shape index (κ3) is 1.22. The summed E-state index contributed by atoms with van der Waals surface area (Å²) in [7, 11) is 0. The molecule has 2 rings (SSSR count). The van der Waals surface area contributed by atoms with Gasteiger partial charge >= 0.3 is 0 Å². The maximum atomic E-state index is 4.50. The molecule has 0 aliphatic heterocycles. The Labute approximate surface area is 84.6 Å². The van der Waals surface area contributed by atoms with Crippen LogP contribution in [0.4, 0.5) is 0 Å². The topological polar surface area (TPSA) is 17.3 Å². The van der Waals surface area contributed by atoms with E-state index in [0.29, 0.717) is 0 Å². The summed E-state index contributed by atoms with van der Waals surface area (Å²) in [5.74, 6) is 0. The number of hydrogen-bond acceptors (Lipinski definition) is 1. The van der Waals surface area contributed by atoms with Crippen LogP contribution in [0.15, 0.2) is 12.3 Å². The van der Waals surface area contributed by atoms with Crippen LogP contribution in [0.1, 0.15) is 29.3 Å². The van der Waals surface area contributed by atoms with Crippen molar-refractivity contribution in [1.29, 1.82) is 0 Å². The summed E-state index contributed by atoms with van der Waals surface area (Å²) in [5.41, 5.74) is 6.41. The van der Waals surface area contributed by atoms with E-state index in [2.05, 4.69) is 45.1 Å². The Hall–Kier alpha value is -1.31. The molecule has 2 heteroatoms. The summed E-state index contributed by atoms with van der Waals surface area (Å²) >= 11 is 0. The average molecular weight is 188 g/mol. The van der Waals surface area contributed by atoms with Crippen LogP contribution in [0.3, 0.4) is 0 Å². The van der Waals surface area contributed by atoms with Crippen molar-refractivity contribution in [2.45, 2.75) is 34.1 Å². The third-order valence-corrected chi connectivity index (χ3v) is 2.90. The Kier molecular flexibility index (Phi) is 2.06. The largest absolute Gasteiger partial charge is 0.240 e. The summed E-state index contributed by atoms with van der Waals surface area (Å²) in [5, 5.41) is 4.50. The molecule has 0 aliphatic rings. The first kappa shape index (κ1) is 9.25. The molecule has 0 fully saturated rings. The van der Waals surface area contributed by atoms with Crippen molar-refractivity contribution in [1.82, 2.24) is 9.61 Å². The van der Waals surface area contributed by atoms with Crippen molar-refractivity contribution < 1.29 is 0 Å². The smallest absolute Gasteiger partial charge is 0.0699 e.